The van der Waals surface area contributed by atoms with Gasteiger partial charge in [0.15, 0.2) is 0 Å². The molecule has 0 aliphatic heterocycles. The molecular formula is C22H18FNO3. The Morgan fingerprint density at radius 1 is 0.963 bits per heavy atom. The topological polar surface area (TPSA) is 58.6 Å². The van der Waals surface area contributed by atoms with E-state index in [1.165, 1.54) is 12.1 Å². The summed E-state index contributed by atoms with van der Waals surface area (Å²) in [5.74, 6) is -0.757. The van der Waals surface area contributed by atoms with E-state index in [-0.39, 0.29) is 5.82 Å². The minimum atomic E-state index is -1.08. The molecule has 2 N–H and O–H groups in total. The molecule has 0 aliphatic rings. The zero-order valence-corrected chi connectivity index (χ0v) is 14.4. The fraction of sp³-hybridized carbons (Fsp3) is 0.0455. The third-order valence-electron chi connectivity index (χ3n) is 3.80. The first-order valence-corrected chi connectivity index (χ1v) is 8.34. The predicted molar refractivity (Wildman–Crippen MR) is 103 cm³/mol. The smallest absolute Gasteiger partial charge is 0.330 e. The fourth-order valence-corrected chi connectivity index (χ4v) is 2.48. The van der Waals surface area contributed by atoms with E-state index >= 15 is 0 Å². The second kappa shape index (κ2) is 8.67. The van der Waals surface area contributed by atoms with Gasteiger partial charge in [0.05, 0.1) is 5.70 Å². The van der Waals surface area contributed by atoms with Crippen LogP contribution in [0.25, 0.3) is 5.70 Å². The van der Waals surface area contributed by atoms with Gasteiger partial charge in [-0.05, 0) is 59.7 Å². The molecule has 3 rings (SSSR count). The number of benzene rings is 3. The van der Waals surface area contributed by atoms with Crippen molar-refractivity contribution in [2.24, 2.45) is 0 Å². The number of hydrogen-bond acceptors (Lipinski definition) is 3. The van der Waals surface area contributed by atoms with Crippen molar-refractivity contribution in [1.82, 2.24) is 0 Å². The van der Waals surface area contributed by atoms with E-state index in [1.807, 2.05) is 30.3 Å². The van der Waals surface area contributed by atoms with Crippen molar-refractivity contribution < 1.29 is 19.0 Å². The van der Waals surface area contributed by atoms with Gasteiger partial charge in [-0.25, -0.2) is 9.18 Å². The number of carbonyl (C=O) groups is 1. The first kappa shape index (κ1) is 18.2. The summed E-state index contributed by atoms with van der Waals surface area (Å²) in [5.41, 5.74) is 2.72. The molecular weight excluding hydrogens is 345 g/mol. The molecule has 5 heteroatoms. The van der Waals surface area contributed by atoms with Crippen molar-refractivity contribution in [3.05, 3.63) is 102 Å². The summed E-state index contributed by atoms with van der Waals surface area (Å²) in [6.07, 6.45) is 1.07. The van der Waals surface area contributed by atoms with Crippen LogP contribution in [0.1, 0.15) is 11.1 Å². The Balaban J connectivity index is 1.73. The lowest BCUT2D eigenvalue weighted by Crippen LogP contribution is -2.03. The van der Waals surface area contributed by atoms with Crippen molar-refractivity contribution in [3.8, 4) is 5.75 Å². The maximum Gasteiger partial charge on any atom is 0.330 e. The number of carboxylic acid groups (broad SMARTS) is 1. The third kappa shape index (κ3) is 5.44. The molecule has 0 saturated heterocycles. The van der Waals surface area contributed by atoms with Crippen LogP contribution in [0.4, 0.5) is 10.1 Å². The van der Waals surface area contributed by atoms with Crippen molar-refractivity contribution >= 4 is 17.4 Å². The molecule has 0 aliphatic carbocycles. The summed E-state index contributed by atoms with van der Waals surface area (Å²) >= 11 is 0. The van der Waals surface area contributed by atoms with Gasteiger partial charge in [-0.1, -0.05) is 30.3 Å². The van der Waals surface area contributed by atoms with E-state index in [2.05, 4.69) is 5.32 Å². The van der Waals surface area contributed by atoms with E-state index in [1.54, 1.807) is 36.4 Å². The number of anilines is 1. The van der Waals surface area contributed by atoms with E-state index < -0.39 is 5.97 Å². The number of halogens is 1. The molecule has 0 fully saturated rings. The van der Waals surface area contributed by atoms with Crippen LogP contribution in [0.15, 0.2) is 84.9 Å². The quantitative estimate of drug-likeness (QED) is 0.584. The van der Waals surface area contributed by atoms with Crippen LogP contribution in [0, 0.1) is 5.82 Å². The molecule has 0 heterocycles. The Bertz CT molecular complexity index is 920. The summed E-state index contributed by atoms with van der Waals surface area (Å²) in [6.45, 7) is 0.450. The minimum Gasteiger partial charge on any atom is -0.489 e. The first-order valence-electron chi connectivity index (χ1n) is 8.34. The van der Waals surface area contributed by atoms with E-state index in [0.29, 0.717) is 29.3 Å². The van der Waals surface area contributed by atoms with Gasteiger partial charge in [-0.15, -0.1) is 0 Å². The van der Waals surface area contributed by atoms with Crippen molar-refractivity contribution in [3.63, 3.8) is 0 Å². The van der Waals surface area contributed by atoms with Crippen molar-refractivity contribution in [2.75, 3.05) is 5.32 Å². The van der Waals surface area contributed by atoms with Crippen LogP contribution in [-0.4, -0.2) is 11.1 Å². The standard InChI is InChI=1S/C22H18FNO3/c23-18-8-10-19(11-9-18)24-21(14-22(25)26)17-6-12-20(13-7-17)27-15-16-4-2-1-3-5-16/h1-14,24H,15H2,(H,25,26)/b21-14-. The molecule has 0 aromatic heterocycles. The minimum absolute atomic E-state index is 0.357. The number of nitrogens with one attached hydrogen (secondary N) is 1. The summed E-state index contributed by atoms with van der Waals surface area (Å²) in [6, 6.07) is 22.6. The molecule has 3 aromatic carbocycles. The molecule has 27 heavy (non-hydrogen) atoms. The Morgan fingerprint density at radius 3 is 2.26 bits per heavy atom. The van der Waals surface area contributed by atoms with Crippen LogP contribution < -0.4 is 10.1 Å². The number of aliphatic carboxylic acids is 1. The predicted octanol–water partition coefficient (Wildman–Crippen LogP) is 4.94. The van der Waals surface area contributed by atoms with Gasteiger partial charge < -0.3 is 15.2 Å². The fourth-order valence-electron chi connectivity index (χ4n) is 2.48. The molecule has 0 saturated carbocycles. The Hall–Kier alpha value is -3.60. The van der Waals surface area contributed by atoms with Gasteiger partial charge in [0.25, 0.3) is 0 Å². The number of hydrogen-bond donors (Lipinski definition) is 2. The zero-order chi connectivity index (χ0) is 19.1. The Morgan fingerprint density at radius 2 is 1.63 bits per heavy atom. The van der Waals surface area contributed by atoms with Crippen LogP contribution in [0.2, 0.25) is 0 Å². The number of carboxylic acids is 1. The third-order valence-corrected chi connectivity index (χ3v) is 3.80. The summed E-state index contributed by atoms with van der Waals surface area (Å²) < 4.78 is 18.8. The Kier molecular flexibility index (Phi) is 5.84. The Labute approximate surface area is 156 Å². The lowest BCUT2D eigenvalue weighted by molar-refractivity contribution is -0.131. The normalized spacial score (nSPS) is 11.1. The van der Waals surface area contributed by atoms with Gasteiger partial charge >= 0.3 is 5.97 Å². The first-order chi connectivity index (χ1) is 13.1. The lowest BCUT2D eigenvalue weighted by Gasteiger charge is -2.12. The van der Waals surface area contributed by atoms with E-state index in [9.17, 15) is 9.18 Å². The summed E-state index contributed by atoms with van der Waals surface area (Å²) in [4.78, 5) is 11.2. The second-order valence-corrected chi connectivity index (χ2v) is 5.83. The van der Waals surface area contributed by atoms with Crippen LogP contribution in [-0.2, 0) is 11.4 Å². The molecule has 0 atom stereocenters. The SMILES string of the molecule is O=C(O)/C=C(\Nc1ccc(F)cc1)c1ccc(OCc2ccccc2)cc1. The highest BCUT2D eigenvalue weighted by Crippen LogP contribution is 2.22. The van der Waals surface area contributed by atoms with Gasteiger partial charge in [-0.2, -0.15) is 0 Å². The number of rotatable bonds is 7. The molecule has 136 valence electrons. The summed E-state index contributed by atoms with van der Waals surface area (Å²) in [7, 11) is 0. The highest BCUT2D eigenvalue weighted by molar-refractivity contribution is 5.93. The van der Waals surface area contributed by atoms with E-state index in [0.717, 1.165) is 11.6 Å². The zero-order valence-electron chi connectivity index (χ0n) is 14.4. The monoisotopic (exact) mass is 363 g/mol. The van der Waals surface area contributed by atoms with Crippen LogP contribution in [0.5, 0.6) is 5.75 Å². The molecule has 3 aromatic rings. The maximum absolute atomic E-state index is 13.0. The second-order valence-electron chi connectivity index (χ2n) is 5.83. The largest absolute Gasteiger partial charge is 0.489 e. The highest BCUT2D eigenvalue weighted by atomic mass is 19.1. The van der Waals surface area contributed by atoms with Gasteiger partial charge in [-0.3, -0.25) is 0 Å². The van der Waals surface area contributed by atoms with Crippen LogP contribution >= 0.6 is 0 Å². The molecule has 0 bridgehead atoms. The summed E-state index contributed by atoms with van der Waals surface area (Å²) in [5, 5.41) is 12.1. The van der Waals surface area contributed by atoms with E-state index in [4.69, 9.17) is 9.84 Å². The van der Waals surface area contributed by atoms with Gasteiger partial charge in [0.2, 0.25) is 0 Å². The molecule has 0 radical (unpaired) electrons. The molecule has 0 amide bonds. The van der Waals surface area contributed by atoms with Gasteiger partial charge in [0.1, 0.15) is 18.2 Å². The molecule has 0 unspecified atom stereocenters. The maximum atomic E-state index is 13.0. The van der Waals surface area contributed by atoms with Crippen molar-refractivity contribution in [1.29, 1.82) is 0 Å². The molecule has 0 spiro atoms. The van der Waals surface area contributed by atoms with Gasteiger partial charge in [0, 0.05) is 11.8 Å². The average molecular weight is 363 g/mol. The average Bonchev–Trinajstić information content (AvgIpc) is 2.68. The lowest BCUT2D eigenvalue weighted by atomic mass is 10.1. The van der Waals surface area contributed by atoms with Crippen molar-refractivity contribution in [2.45, 2.75) is 6.61 Å². The highest BCUT2D eigenvalue weighted by Gasteiger charge is 2.06. The number of ether oxygens (including phenoxy) is 1. The molecule has 4 nitrogen and oxygen atoms in total. The van der Waals surface area contributed by atoms with Crippen LogP contribution in [0.3, 0.4) is 0 Å².